The number of carbonyl (C=O) groups excluding carboxylic acids is 1. The molecule has 1 aromatic carbocycles. The molecule has 72 valence electrons. The first kappa shape index (κ1) is 10.5. The molecule has 0 unspecified atom stereocenters. The molecular weight excluding hydrogens is 174 g/mol. The maximum atomic E-state index is 11.4. The number of ketones is 1. The van der Waals surface area contributed by atoms with E-state index in [1.165, 1.54) is 0 Å². The summed E-state index contributed by atoms with van der Waals surface area (Å²) in [4.78, 5) is 14.8. The van der Waals surface area contributed by atoms with Crippen LogP contribution in [0.4, 0.5) is 5.69 Å². The molecule has 0 aliphatic rings. The Balaban J connectivity index is 2.77. The minimum Gasteiger partial charge on any atom is -0.299 e. The van der Waals surface area contributed by atoms with Crippen molar-refractivity contribution in [2.75, 3.05) is 0 Å². The molecule has 0 aliphatic carbocycles. The van der Waals surface area contributed by atoms with Crippen LogP contribution >= 0.6 is 0 Å². The van der Waals surface area contributed by atoms with Crippen molar-refractivity contribution < 1.29 is 4.79 Å². The van der Waals surface area contributed by atoms with E-state index in [1.807, 2.05) is 25.1 Å². The van der Waals surface area contributed by atoms with Gasteiger partial charge in [-0.15, -0.1) is 0 Å². The first-order valence-electron chi connectivity index (χ1n) is 4.75. The molecule has 2 heteroatoms. The number of benzene rings is 1. The number of carbonyl (C=O) groups is 1. The van der Waals surface area contributed by atoms with E-state index in [1.54, 1.807) is 6.07 Å². The SMILES string of the molecule is [C-]#[N+]c1ccccc1CC(=O)CCC. The van der Waals surface area contributed by atoms with E-state index in [4.69, 9.17) is 6.57 Å². The van der Waals surface area contributed by atoms with E-state index in [-0.39, 0.29) is 5.78 Å². The van der Waals surface area contributed by atoms with Gasteiger partial charge in [0.15, 0.2) is 5.69 Å². The van der Waals surface area contributed by atoms with E-state index in [0.717, 1.165) is 12.0 Å². The summed E-state index contributed by atoms with van der Waals surface area (Å²) in [5.74, 6) is 0.212. The van der Waals surface area contributed by atoms with Gasteiger partial charge >= 0.3 is 0 Å². The van der Waals surface area contributed by atoms with Crippen molar-refractivity contribution in [2.24, 2.45) is 0 Å². The Labute approximate surface area is 84.4 Å². The maximum Gasteiger partial charge on any atom is 0.190 e. The summed E-state index contributed by atoms with van der Waals surface area (Å²) >= 11 is 0. The fraction of sp³-hybridized carbons (Fsp3) is 0.333. The zero-order valence-electron chi connectivity index (χ0n) is 8.29. The Morgan fingerprint density at radius 3 is 2.79 bits per heavy atom. The van der Waals surface area contributed by atoms with E-state index < -0.39 is 0 Å². The summed E-state index contributed by atoms with van der Waals surface area (Å²) < 4.78 is 0. The van der Waals surface area contributed by atoms with Crippen LogP contribution in [-0.4, -0.2) is 5.78 Å². The number of hydrogen-bond donors (Lipinski definition) is 0. The third-order valence-corrected chi connectivity index (χ3v) is 2.03. The van der Waals surface area contributed by atoms with Gasteiger partial charge in [-0.3, -0.25) is 4.79 Å². The Morgan fingerprint density at radius 2 is 2.14 bits per heavy atom. The van der Waals surface area contributed by atoms with Crippen LogP contribution in [0.5, 0.6) is 0 Å². The summed E-state index contributed by atoms with van der Waals surface area (Å²) in [7, 11) is 0. The normalized spacial score (nSPS) is 9.43. The van der Waals surface area contributed by atoms with Gasteiger partial charge in [0, 0.05) is 12.8 Å². The summed E-state index contributed by atoms with van der Waals surface area (Å²) in [5, 5.41) is 0. The van der Waals surface area contributed by atoms with Gasteiger partial charge in [-0.25, -0.2) is 4.85 Å². The van der Waals surface area contributed by atoms with E-state index >= 15 is 0 Å². The monoisotopic (exact) mass is 187 g/mol. The Kier molecular flexibility index (Phi) is 3.87. The molecular formula is C12H13NO. The molecule has 0 N–H and O–H groups in total. The van der Waals surface area contributed by atoms with E-state index in [9.17, 15) is 4.79 Å². The highest BCUT2D eigenvalue weighted by molar-refractivity contribution is 5.82. The fourth-order valence-electron chi connectivity index (χ4n) is 1.35. The van der Waals surface area contributed by atoms with Crippen molar-refractivity contribution in [3.05, 3.63) is 41.2 Å². The third kappa shape index (κ3) is 2.70. The van der Waals surface area contributed by atoms with Crippen LogP contribution in [0, 0.1) is 6.57 Å². The predicted octanol–water partition coefficient (Wildman–Crippen LogP) is 3.15. The zero-order chi connectivity index (χ0) is 10.4. The van der Waals surface area contributed by atoms with Crippen molar-refractivity contribution in [2.45, 2.75) is 26.2 Å². The lowest BCUT2D eigenvalue weighted by atomic mass is 10.0. The molecule has 0 amide bonds. The van der Waals surface area contributed by atoms with Crippen LogP contribution in [-0.2, 0) is 11.2 Å². The fourth-order valence-corrected chi connectivity index (χ4v) is 1.35. The molecule has 0 fully saturated rings. The van der Waals surface area contributed by atoms with Crippen LogP contribution in [0.3, 0.4) is 0 Å². The van der Waals surface area contributed by atoms with Gasteiger partial charge in [-0.2, -0.15) is 0 Å². The second kappa shape index (κ2) is 5.18. The quantitative estimate of drug-likeness (QED) is 0.663. The van der Waals surface area contributed by atoms with Crippen molar-refractivity contribution in [3.63, 3.8) is 0 Å². The van der Waals surface area contributed by atoms with Crippen LogP contribution in [0.25, 0.3) is 4.85 Å². The first-order valence-corrected chi connectivity index (χ1v) is 4.75. The number of para-hydroxylation sites is 1. The van der Waals surface area contributed by atoms with Crippen LogP contribution in [0.2, 0.25) is 0 Å². The van der Waals surface area contributed by atoms with E-state index in [2.05, 4.69) is 4.85 Å². The van der Waals surface area contributed by atoms with E-state index in [0.29, 0.717) is 18.5 Å². The molecule has 0 radical (unpaired) electrons. The number of Topliss-reactive ketones (excluding diaryl/α,β-unsaturated/α-hetero) is 1. The number of rotatable bonds is 4. The van der Waals surface area contributed by atoms with Crippen LogP contribution in [0.1, 0.15) is 25.3 Å². The van der Waals surface area contributed by atoms with Gasteiger partial charge < -0.3 is 0 Å². The third-order valence-electron chi connectivity index (χ3n) is 2.03. The average molecular weight is 187 g/mol. The minimum absolute atomic E-state index is 0.212. The van der Waals surface area contributed by atoms with Gasteiger partial charge in [0.25, 0.3) is 0 Å². The van der Waals surface area contributed by atoms with Gasteiger partial charge in [-0.05, 0) is 12.0 Å². The molecule has 0 heterocycles. The second-order valence-corrected chi connectivity index (χ2v) is 3.21. The lowest BCUT2D eigenvalue weighted by Gasteiger charge is -2.01. The zero-order valence-corrected chi connectivity index (χ0v) is 8.29. The minimum atomic E-state index is 0.212. The molecule has 0 bridgehead atoms. The smallest absolute Gasteiger partial charge is 0.190 e. The molecule has 0 aromatic heterocycles. The van der Waals surface area contributed by atoms with Gasteiger partial charge in [-0.1, -0.05) is 31.2 Å². The highest BCUT2D eigenvalue weighted by Crippen LogP contribution is 2.19. The number of nitrogens with zero attached hydrogens (tertiary/aromatic N) is 1. The molecule has 0 aliphatic heterocycles. The number of hydrogen-bond acceptors (Lipinski definition) is 1. The Bertz CT molecular complexity index is 363. The van der Waals surface area contributed by atoms with Gasteiger partial charge in [0.05, 0.1) is 6.57 Å². The summed E-state index contributed by atoms with van der Waals surface area (Å²) in [6, 6.07) is 7.28. The van der Waals surface area contributed by atoms with Gasteiger partial charge in [0.2, 0.25) is 0 Å². The van der Waals surface area contributed by atoms with Crippen molar-refractivity contribution in [1.29, 1.82) is 0 Å². The molecule has 0 saturated carbocycles. The van der Waals surface area contributed by atoms with Crippen LogP contribution < -0.4 is 0 Å². The molecule has 0 atom stereocenters. The van der Waals surface area contributed by atoms with Gasteiger partial charge in [0.1, 0.15) is 5.78 Å². The molecule has 1 rings (SSSR count). The second-order valence-electron chi connectivity index (χ2n) is 3.21. The van der Waals surface area contributed by atoms with Crippen molar-refractivity contribution >= 4 is 11.5 Å². The summed E-state index contributed by atoms with van der Waals surface area (Å²) in [5.41, 5.74) is 1.44. The average Bonchev–Trinajstić information content (AvgIpc) is 2.19. The highest BCUT2D eigenvalue weighted by Gasteiger charge is 2.06. The maximum absolute atomic E-state index is 11.4. The lowest BCUT2D eigenvalue weighted by Crippen LogP contribution is -2.01. The topological polar surface area (TPSA) is 21.4 Å². The molecule has 1 aromatic rings. The molecule has 0 saturated heterocycles. The standard InChI is InChI=1S/C12H13NO/c1-3-6-11(14)9-10-7-4-5-8-12(10)13-2/h4-5,7-8H,3,6,9H2,1H3. The van der Waals surface area contributed by atoms with Crippen molar-refractivity contribution in [1.82, 2.24) is 0 Å². The first-order chi connectivity index (χ1) is 6.77. The summed E-state index contributed by atoms with van der Waals surface area (Å²) in [6.45, 7) is 8.93. The predicted molar refractivity (Wildman–Crippen MR) is 56.3 cm³/mol. The molecule has 0 spiro atoms. The Hall–Kier alpha value is -1.62. The Morgan fingerprint density at radius 1 is 1.43 bits per heavy atom. The van der Waals surface area contributed by atoms with Crippen molar-refractivity contribution in [3.8, 4) is 0 Å². The highest BCUT2D eigenvalue weighted by atomic mass is 16.1. The molecule has 2 nitrogen and oxygen atoms in total. The molecule has 14 heavy (non-hydrogen) atoms. The summed E-state index contributed by atoms with van der Waals surface area (Å²) in [6.07, 6.45) is 1.87. The lowest BCUT2D eigenvalue weighted by molar-refractivity contribution is -0.118. The van der Waals surface area contributed by atoms with Crippen LogP contribution in [0.15, 0.2) is 24.3 Å². The largest absolute Gasteiger partial charge is 0.299 e.